The van der Waals surface area contributed by atoms with Gasteiger partial charge in [0, 0.05) is 6.54 Å². The quantitative estimate of drug-likeness (QED) is 0.143. The van der Waals surface area contributed by atoms with Crippen molar-refractivity contribution >= 4 is 53.2 Å². The maximum absolute atomic E-state index is 14.5. The van der Waals surface area contributed by atoms with E-state index in [1.54, 1.807) is 34.6 Å². The minimum Gasteiger partial charge on any atom is -0.343 e. The van der Waals surface area contributed by atoms with E-state index in [-0.39, 0.29) is 61.8 Å². The van der Waals surface area contributed by atoms with Gasteiger partial charge < -0.3 is 47.4 Å². The van der Waals surface area contributed by atoms with Gasteiger partial charge in [0.05, 0.1) is 0 Å². The number of hydrogen-bond donors (Lipinski definition) is 8. The van der Waals surface area contributed by atoms with Crippen molar-refractivity contribution in [3.63, 3.8) is 0 Å². The molecule has 8 N–H and O–H groups in total. The number of nitrogens with one attached hydrogen (secondary N) is 8. The lowest BCUT2D eigenvalue weighted by Crippen LogP contribution is -2.61. The smallest absolute Gasteiger partial charge is 0.245 e. The van der Waals surface area contributed by atoms with Crippen LogP contribution in [0.15, 0.2) is 0 Å². The predicted octanol–water partition coefficient (Wildman–Crippen LogP) is 2.43. The van der Waals surface area contributed by atoms with Gasteiger partial charge in [0.1, 0.15) is 54.4 Å². The highest BCUT2D eigenvalue weighted by atomic mass is 16.2. The number of nitrogens with zero attached hydrogens (tertiary/aromatic N) is 1. The van der Waals surface area contributed by atoms with Crippen molar-refractivity contribution in [2.24, 2.45) is 41.4 Å². The van der Waals surface area contributed by atoms with Crippen molar-refractivity contribution < 1.29 is 43.2 Å². The summed E-state index contributed by atoms with van der Waals surface area (Å²) in [5.74, 6) is -7.04. The van der Waals surface area contributed by atoms with Gasteiger partial charge in [0.2, 0.25) is 53.2 Å². The molecule has 0 aromatic rings. The molecule has 0 unspecified atom stereocenters. The van der Waals surface area contributed by atoms with Crippen molar-refractivity contribution in [1.29, 1.82) is 0 Å². The van der Waals surface area contributed by atoms with E-state index in [2.05, 4.69) is 42.5 Å². The van der Waals surface area contributed by atoms with E-state index >= 15 is 0 Å². The van der Waals surface area contributed by atoms with Crippen LogP contribution >= 0.6 is 0 Å². The molecule has 0 spiro atoms. The number of hydrogen-bond acceptors (Lipinski definition) is 9. The molecule has 2 aliphatic rings. The van der Waals surface area contributed by atoms with E-state index in [1.807, 2.05) is 62.3 Å². The molecule has 0 saturated carbocycles. The first kappa shape index (κ1) is 57.4. The Hall–Kier alpha value is -4.77. The largest absolute Gasteiger partial charge is 0.343 e. The van der Waals surface area contributed by atoms with Gasteiger partial charge in [-0.25, -0.2) is 0 Å². The minimum atomic E-state index is -1.16. The molecule has 9 amide bonds. The van der Waals surface area contributed by atoms with Gasteiger partial charge in [0.25, 0.3) is 0 Å². The van der Waals surface area contributed by atoms with Gasteiger partial charge in [-0.1, -0.05) is 103 Å². The normalized spacial score (nSPS) is 28.3. The van der Waals surface area contributed by atoms with Crippen molar-refractivity contribution in [2.45, 2.75) is 203 Å². The maximum atomic E-state index is 14.5. The molecule has 2 heterocycles. The first-order valence-electron chi connectivity index (χ1n) is 24.4. The molecular weight excluding hydrogens is 847 g/mol. The molecule has 18 nitrogen and oxygen atoms in total. The highest BCUT2D eigenvalue weighted by Crippen LogP contribution is 2.22. The van der Waals surface area contributed by atoms with Gasteiger partial charge in [-0.3, -0.25) is 43.2 Å². The van der Waals surface area contributed by atoms with Crippen LogP contribution in [-0.4, -0.2) is 119 Å². The van der Waals surface area contributed by atoms with E-state index in [0.717, 1.165) is 0 Å². The summed E-state index contributed by atoms with van der Waals surface area (Å²) in [6.07, 6.45) is 2.14. The molecular formula is C48H85N9O9. The Labute approximate surface area is 393 Å². The average Bonchev–Trinajstić information content (AvgIpc) is 3.71. The Kier molecular flexibility index (Phi) is 23.1. The monoisotopic (exact) mass is 932 g/mol. The van der Waals surface area contributed by atoms with Crippen LogP contribution in [0.3, 0.4) is 0 Å². The second kappa shape index (κ2) is 26.5. The topological polar surface area (TPSA) is 253 Å². The lowest BCUT2D eigenvalue weighted by atomic mass is 9.95. The molecule has 2 saturated heterocycles. The van der Waals surface area contributed by atoms with Crippen LogP contribution in [-0.2, 0) is 43.2 Å². The third-order valence-corrected chi connectivity index (χ3v) is 12.2. The molecule has 0 aromatic heterocycles. The highest BCUT2D eigenvalue weighted by molar-refractivity contribution is 5.99. The van der Waals surface area contributed by atoms with Crippen molar-refractivity contribution in [1.82, 2.24) is 47.4 Å². The molecule has 0 bridgehead atoms. The predicted molar refractivity (Wildman–Crippen MR) is 253 cm³/mol. The van der Waals surface area contributed by atoms with E-state index in [4.69, 9.17) is 0 Å². The standard InChI is InChI=1S/C48H85N9O9/c1-16-30(14)39-47(65)52-33(21-25(4)5)42(60)50-32(20-24(2)3)41(59)49-31(15)40(58)54-37(28(10)11)45(63)51-34(22-26(6)7)43(61)55-38(29(12)13)46(64)53-35(23-27(8)9)48(66)57-19-17-18-36(57)44(62)56-39/h24-39H,16-23H2,1-15H3,(H,49,59)(H,50,60)(H,51,63)(H,52,65)(H,53,64)(H,54,58)(H,55,61)(H,56,62)/t30-,31-,32-,33-,34-,35-,36-,37-,38-,39-/m0/s1. The number of carbonyl (C=O) groups excluding carboxylic acids is 9. The van der Waals surface area contributed by atoms with Gasteiger partial charge in [0.15, 0.2) is 0 Å². The summed E-state index contributed by atoms with van der Waals surface area (Å²) < 4.78 is 0. The van der Waals surface area contributed by atoms with Crippen molar-refractivity contribution in [3.8, 4) is 0 Å². The fraction of sp³-hybridized carbons (Fsp3) is 0.812. The number of rotatable bonds is 12. The molecule has 0 radical (unpaired) electrons. The Morgan fingerprint density at radius 2 is 0.788 bits per heavy atom. The first-order valence-corrected chi connectivity index (χ1v) is 24.4. The van der Waals surface area contributed by atoms with Gasteiger partial charge in [-0.2, -0.15) is 0 Å². The summed E-state index contributed by atoms with van der Waals surface area (Å²) in [6, 6.07) is -9.81. The zero-order chi connectivity index (χ0) is 50.3. The van der Waals surface area contributed by atoms with E-state index in [9.17, 15) is 43.2 Å². The Balaban J connectivity index is 2.75. The van der Waals surface area contributed by atoms with Crippen LogP contribution < -0.4 is 42.5 Å². The molecule has 18 heteroatoms. The zero-order valence-corrected chi connectivity index (χ0v) is 42.5. The second-order valence-corrected chi connectivity index (χ2v) is 21.0. The van der Waals surface area contributed by atoms with Crippen LogP contribution in [0, 0.1) is 41.4 Å². The second-order valence-electron chi connectivity index (χ2n) is 21.0. The minimum absolute atomic E-state index is 0.0575. The zero-order valence-electron chi connectivity index (χ0n) is 42.5. The fourth-order valence-corrected chi connectivity index (χ4v) is 8.29. The van der Waals surface area contributed by atoms with Crippen LogP contribution in [0.4, 0.5) is 0 Å². The van der Waals surface area contributed by atoms with Crippen LogP contribution in [0.1, 0.15) is 149 Å². The third-order valence-electron chi connectivity index (χ3n) is 12.2. The molecule has 2 aliphatic heterocycles. The first-order chi connectivity index (χ1) is 30.7. The molecule has 2 rings (SSSR count). The number of amides is 9. The average molecular weight is 932 g/mol. The number of fused-ring (bicyclic) bond motifs is 1. The summed E-state index contributed by atoms with van der Waals surface area (Å²) in [6.45, 7) is 27.4. The Bertz CT molecular complexity index is 1700. The van der Waals surface area contributed by atoms with Gasteiger partial charge in [-0.15, -0.1) is 0 Å². The number of carbonyl (C=O) groups is 9. The van der Waals surface area contributed by atoms with Crippen LogP contribution in [0.2, 0.25) is 0 Å². The summed E-state index contributed by atoms with van der Waals surface area (Å²) in [5.41, 5.74) is 0. The van der Waals surface area contributed by atoms with Gasteiger partial charge in [-0.05, 0) is 86.9 Å². The Morgan fingerprint density at radius 3 is 1.21 bits per heavy atom. The van der Waals surface area contributed by atoms with Crippen molar-refractivity contribution in [2.75, 3.05) is 6.54 Å². The third kappa shape index (κ3) is 17.5. The summed E-state index contributed by atoms with van der Waals surface area (Å²) in [4.78, 5) is 128. The van der Waals surface area contributed by atoms with Gasteiger partial charge >= 0.3 is 0 Å². The van der Waals surface area contributed by atoms with Crippen LogP contribution in [0.5, 0.6) is 0 Å². The summed E-state index contributed by atoms with van der Waals surface area (Å²) in [5, 5.41) is 22.4. The fourth-order valence-electron chi connectivity index (χ4n) is 8.29. The van der Waals surface area contributed by atoms with Crippen LogP contribution in [0.25, 0.3) is 0 Å². The lowest BCUT2D eigenvalue weighted by Gasteiger charge is -2.33. The molecule has 2 fully saturated rings. The lowest BCUT2D eigenvalue weighted by molar-refractivity contribution is -0.143. The summed E-state index contributed by atoms with van der Waals surface area (Å²) >= 11 is 0. The highest BCUT2D eigenvalue weighted by Gasteiger charge is 2.42. The molecule has 0 aromatic carbocycles. The molecule has 10 atom stereocenters. The Morgan fingerprint density at radius 1 is 0.439 bits per heavy atom. The molecule has 0 aliphatic carbocycles. The van der Waals surface area contributed by atoms with Crippen molar-refractivity contribution in [3.05, 3.63) is 0 Å². The summed E-state index contributed by atoms with van der Waals surface area (Å²) in [7, 11) is 0. The SMILES string of the molecule is CC[C@H](C)[C@@H]1NC(=O)[C@@H]2CCCN2C(=O)[C@H](CC(C)C)NC(=O)[C@H](C(C)C)NC(=O)[C@H](CC(C)C)NC(=O)[C@H](C(C)C)NC(=O)[C@H](C)NC(=O)[C@H](CC(C)C)NC(=O)[C@H](CC(C)C)NC1=O. The van der Waals surface area contributed by atoms with E-state index in [0.29, 0.717) is 19.3 Å². The van der Waals surface area contributed by atoms with E-state index < -0.39 is 119 Å². The molecule has 376 valence electrons. The van der Waals surface area contributed by atoms with E-state index in [1.165, 1.54) is 11.8 Å². The molecule has 66 heavy (non-hydrogen) atoms. The maximum Gasteiger partial charge on any atom is 0.245 e.